The summed E-state index contributed by atoms with van der Waals surface area (Å²) in [7, 11) is 0. The van der Waals surface area contributed by atoms with Crippen LogP contribution in [0.3, 0.4) is 0 Å². The van der Waals surface area contributed by atoms with Crippen LogP contribution in [0.15, 0.2) is 23.6 Å². The molecule has 0 aliphatic rings. The predicted molar refractivity (Wildman–Crippen MR) is 64.8 cm³/mol. The number of rotatable bonds is 4. The van der Waals surface area contributed by atoms with Gasteiger partial charge in [0.25, 0.3) is 0 Å². The number of nitrogens with one attached hydrogen (secondary N) is 1. The number of hydrogen-bond donors (Lipinski definition) is 1. The first-order valence-corrected chi connectivity index (χ1v) is 6.19. The van der Waals surface area contributed by atoms with Gasteiger partial charge in [-0.05, 0) is 24.7 Å². The highest BCUT2D eigenvalue weighted by atomic mass is 32.1. The van der Waals surface area contributed by atoms with Gasteiger partial charge < -0.3 is 5.32 Å². The monoisotopic (exact) mass is 254 g/mol. The van der Waals surface area contributed by atoms with Crippen LogP contribution in [-0.4, -0.2) is 11.5 Å². The molecule has 0 aliphatic carbocycles. The van der Waals surface area contributed by atoms with Gasteiger partial charge >= 0.3 is 0 Å². The molecule has 0 aliphatic heterocycles. The topological polar surface area (TPSA) is 24.9 Å². The Labute approximate surface area is 102 Å². The summed E-state index contributed by atoms with van der Waals surface area (Å²) in [4.78, 5) is 4.27. The van der Waals surface area contributed by atoms with Gasteiger partial charge in [-0.2, -0.15) is 0 Å². The van der Waals surface area contributed by atoms with E-state index in [0.29, 0.717) is 12.2 Å². The molecule has 0 saturated carbocycles. The zero-order chi connectivity index (χ0) is 12.3. The van der Waals surface area contributed by atoms with E-state index in [1.165, 1.54) is 17.4 Å². The second-order valence-electron chi connectivity index (χ2n) is 3.53. The first-order valence-electron chi connectivity index (χ1n) is 5.31. The van der Waals surface area contributed by atoms with Gasteiger partial charge in [0.2, 0.25) is 0 Å². The molecule has 0 bridgehead atoms. The Morgan fingerprint density at radius 3 is 2.94 bits per heavy atom. The molecule has 0 unspecified atom stereocenters. The lowest BCUT2D eigenvalue weighted by Gasteiger charge is -1.99. The van der Waals surface area contributed by atoms with E-state index in [-0.39, 0.29) is 5.56 Å². The van der Waals surface area contributed by atoms with Crippen LogP contribution in [0.1, 0.15) is 11.9 Å². The van der Waals surface area contributed by atoms with E-state index in [9.17, 15) is 8.78 Å². The van der Waals surface area contributed by atoms with Crippen molar-refractivity contribution in [1.82, 2.24) is 10.3 Å². The van der Waals surface area contributed by atoms with E-state index in [1.807, 2.05) is 6.92 Å². The van der Waals surface area contributed by atoms with Crippen LogP contribution in [0.2, 0.25) is 0 Å². The van der Waals surface area contributed by atoms with Crippen LogP contribution in [0.4, 0.5) is 8.78 Å². The molecule has 2 aromatic rings. The second kappa shape index (κ2) is 5.33. The molecular formula is C12H12F2N2S. The van der Waals surface area contributed by atoms with Crippen molar-refractivity contribution < 1.29 is 8.78 Å². The van der Waals surface area contributed by atoms with E-state index >= 15 is 0 Å². The van der Waals surface area contributed by atoms with Crippen LogP contribution in [0, 0.1) is 11.6 Å². The summed E-state index contributed by atoms with van der Waals surface area (Å²) in [6.07, 6.45) is 0. The molecule has 2 nitrogen and oxygen atoms in total. The second-order valence-corrected chi connectivity index (χ2v) is 4.47. The van der Waals surface area contributed by atoms with E-state index < -0.39 is 11.6 Å². The molecule has 0 spiro atoms. The standard InChI is InChI=1S/C12H12F2N2S/c1-2-15-6-12-16-11(7-17-12)9-5-8(13)3-4-10(9)14/h3-5,7,15H,2,6H2,1H3. The lowest BCUT2D eigenvalue weighted by molar-refractivity contribution is 0.602. The number of hydrogen-bond acceptors (Lipinski definition) is 3. The van der Waals surface area contributed by atoms with Crippen molar-refractivity contribution in [2.24, 2.45) is 0 Å². The van der Waals surface area contributed by atoms with Gasteiger partial charge in [-0.3, -0.25) is 0 Å². The molecular weight excluding hydrogens is 242 g/mol. The molecule has 17 heavy (non-hydrogen) atoms. The molecule has 90 valence electrons. The Morgan fingerprint density at radius 2 is 2.18 bits per heavy atom. The van der Waals surface area contributed by atoms with Gasteiger partial charge in [0.15, 0.2) is 0 Å². The normalized spacial score (nSPS) is 10.8. The Hall–Kier alpha value is -1.33. The fourth-order valence-electron chi connectivity index (χ4n) is 1.44. The number of thiazole rings is 1. The average molecular weight is 254 g/mol. The van der Waals surface area contributed by atoms with Crippen LogP contribution in [0.25, 0.3) is 11.3 Å². The van der Waals surface area contributed by atoms with Crippen molar-refractivity contribution in [3.63, 3.8) is 0 Å². The number of benzene rings is 1. The lowest BCUT2D eigenvalue weighted by atomic mass is 10.1. The molecule has 1 aromatic carbocycles. The van der Waals surface area contributed by atoms with Crippen LogP contribution < -0.4 is 5.32 Å². The van der Waals surface area contributed by atoms with Gasteiger partial charge in [-0.15, -0.1) is 11.3 Å². The molecule has 2 rings (SSSR count). The van der Waals surface area contributed by atoms with E-state index in [0.717, 1.165) is 23.7 Å². The Bertz CT molecular complexity index is 511. The summed E-state index contributed by atoms with van der Waals surface area (Å²) >= 11 is 1.44. The molecule has 1 heterocycles. The number of halogens is 2. The largest absolute Gasteiger partial charge is 0.311 e. The SMILES string of the molecule is CCNCc1nc(-c2cc(F)ccc2F)cs1. The summed E-state index contributed by atoms with van der Waals surface area (Å²) in [6, 6.07) is 3.39. The number of aromatic nitrogens is 1. The summed E-state index contributed by atoms with van der Waals surface area (Å²) in [6.45, 7) is 3.50. The fourth-order valence-corrected chi connectivity index (χ4v) is 2.21. The summed E-state index contributed by atoms with van der Waals surface area (Å²) in [5.74, 6) is -0.908. The quantitative estimate of drug-likeness (QED) is 0.906. The van der Waals surface area contributed by atoms with Gasteiger partial charge in [0.05, 0.1) is 5.69 Å². The molecule has 0 radical (unpaired) electrons. The highest BCUT2D eigenvalue weighted by molar-refractivity contribution is 7.09. The lowest BCUT2D eigenvalue weighted by Crippen LogP contribution is -2.11. The summed E-state index contributed by atoms with van der Waals surface area (Å²) in [5, 5.41) is 5.74. The van der Waals surface area contributed by atoms with Crippen molar-refractivity contribution in [3.05, 3.63) is 40.2 Å². The van der Waals surface area contributed by atoms with Crippen molar-refractivity contribution >= 4 is 11.3 Å². The predicted octanol–water partition coefficient (Wildman–Crippen LogP) is 3.20. The smallest absolute Gasteiger partial charge is 0.132 e. The molecule has 0 saturated heterocycles. The Kier molecular flexibility index (Phi) is 3.81. The highest BCUT2D eigenvalue weighted by Gasteiger charge is 2.10. The number of nitrogens with zero attached hydrogens (tertiary/aromatic N) is 1. The molecule has 5 heteroatoms. The molecule has 1 aromatic heterocycles. The van der Waals surface area contributed by atoms with Crippen LogP contribution >= 0.6 is 11.3 Å². The van der Waals surface area contributed by atoms with Crippen molar-refractivity contribution in [2.45, 2.75) is 13.5 Å². The zero-order valence-electron chi connectivity index (χ0n) is 9.34. The van der Waals surface area contributed by atoms with Gasteiger partial charge in [0.1, 0.15) is 16.6 Å². The maximum atomic E-state index is 13.5. The first kappa shape index (κ1) is 12.1. The summed E-state index contributed by atoms with van der Waals surface area (Å²) < 4.78 is 26.5. The third kappa shape index (κ3) is 2.87. The van der Waals surface area contributed by atoms with Gasteiger partial charge in [-0.25, -0.2) is 13.8 Å². The first-order chi connectivity index (χ1) is 8.20. The Balaban J connectivity index is 2.27. The van der Waals surface area contributed by atoms with Crippen molar-refractivity contribution in [2.75, 3.05) is 6.54 Å². The van der Waals surface area contributed by atoms with E-state index in [2.05, 4.69) is 10.3 Å². The third-order valence-corrected chi connectivity index (χ3v) is 3.13. The van der Waals surface area contributed by atoms with E-state index in [1.54, 1.807) is 5.38 Å². The molecule has 0 amide bonds. The minimum Gasteiger partial charge on any atom is -0.311 e. The maximum Gasteiger partial charge on any atom is 0.132 e. The average Bonchev–Trinajstić information content (AvgIpc) is 2.78. The van der Waals surface area contributed by atoms with Crippen molar-refractivity contribution in [3.8, 4) is 11.3 Å². The molecule has 0 atom stereocenters. The highest BCUT2D eigenvalue weighted by Crippen LogP contribution is 2.25. The van der Waals surface area contributed by atoms with Crippen LogP contribution in [0.5, 0.6) is 0 Å². The minimum atomic E-state index is -0.456. The molecule has 0 fully saturated rings. The maximum absolute atomic E-state index is 13.5. The zero-order valence-corrected chi connectivity index (χ0v) is 10.2. The fraction of sp³-hybridized carbons (Fsp3) is 0.250. The minimum absolute atomic E-state index is 0.212. The Morgan fingerprint density at radius 1 is 1.35 bits per heavy atom. The van der Waals surface area contributed by atoms with E-state index in [4.69, 9.17) is 0 Å². The molecule has 1 N–H and O–H groups in total. The third-order valence-electron chi connectivity index (χ3n) is 2.28. The van der Waals surface area contributed by atoms with Crippen LogP contribution in [-0.2, 0) is 6.54 Å². The van der Waals surface area contributed by atoms with Gasteiger partial charge in [0, 0.05) is 17.5 Å². The summed E-state index contributed by atoms with van der Waals surface area (Å²) in [5.41, 5.74) is 0.698. The van der Waals surface area contributed by atoms with Gasteiger partial charge in [-0.1, -0.05) is 6.92 Å². The van der Waals surface area contributed by atoms with Crippen molar-refractivity contribution in [1.29, 1.82) is 0 Å².